The number of benzene rings is 4. The molecule has 0 amide bonds. The number of hydrogen-bond acceptors (Lipinski definition) is 1. The first kappa shape index (κ1) is 23.8. The van der Waals surface area contributed by atoms with Crippen LogP contribution in [0.2, 0.25) is 0 Å². The van der Waals surface area contributed by atoms with Gasteiger partial charge in [-0.05, 0) is 68.3 Å². The van der Waals surface area contributed by atoms with E-state index < -0.39 is 11.7 Å². The molecule has 1 heterocycles. The molecule has 0 fully saturated rings. The van der Waals surface area contributed by atoms with E-state index in [9.17, 15) is 13.2 Å². The molecule has 4 aromatic carbocycles. The zero-order valence-corrected chi connectivity index (χ0v) is 20.4. The molecule has 1 aromatic heterocycles. The Hall–Kier alpha value is -3.92. The lowest BCUT2D eigenvalue weighted by atomic mass is 9.82. The molecule has 0 unspecified atom stereocenters. The minimum Gasteiger partial charge on any atom is -0.256 e. The van der Waals surface area contributed by atoms with Crippen LogP contribution in [0.1, 0.15) is 31.9 Å². The first-order valence-electron chi connectivity index (χ1n) is 11.9. The lowest BCUT2D eigenvalue weighted by Gasteiger charge is -2.23. The molecule has 0 aliphatic rings. The van der Waals surface area contributed by atoms with Gasteiger partial charge in [-0.1, -0.05) is 93.6 Å². The molecular formula is C32H26F3N. The maximum atomic E-state index is 14.1. The first-order valence-corrected chi connectivity index (χ1v) is 11.9. The minimum atomic E-state index is -4.52. The van der Waals surface area contributed by atoms with Gasteiger partial charge in [0.2, 0.25) is 0 Å². The molecule has 0 radical (unpaired) electrons. The molecule has 36 heavy (non-hydrogen) atoms. The van der Waals surface area contributed by atoms with Crippen molar-refractivity contribution in [2.24, 2.45) is 0 Å². The standard InChI is InChI=1S/C32H26F3N/c1-31(2,3)28-18-25(17-23-12-7-8-15-26(23)28)30-19-27(29(20-36-30)32(33,34)35)24-14-9-13-22(16-24)21-10-5-4-6-11-21/h4-20H,1-3H3. The number of halogens is 3. The molecule has 4 heteroatoms. The number of fused-ring (bicyclic) bond motifs is 1. The van der Waals surface area contributed by atoms with Crippen LogP contribution in [0.25, 0.3) is 44.3 Å². The van der Waals surface area contributed by atoms with Crippen LogP contribution in [-0.2, 0) is 11.6 Å². The van der Waals surface area contributed by atoms with Crippen molar-refractivity contribution < 1.29 is 13.2 Å². The van der Waals surface area contributed by atoms with Crippen molar-refractivity contribution in [1.82, 2.24) is 4.98 Å². The summed E-state index contributed by atoms with van der Waals surface area (Å²) in [6.07, 6.45) is -3.56. The number of rotatable bonds is 3. The maximum Gasteiger partial charge on any atom is 0.418 e. The average molecular weight is 482 g/mol. The topological polar surface area (TPSA) is 12.9 Å². The fourth-order valence-electron chi connectivity index (χ4n) is 4.65. The van der Waals surface area contributed by atoms with Gasteiger partial charge in [0.05, 0.1) is 11.3 Å². The van der Waals surface area contributed by atoms with Gasteiger partial charge in [0.15, 0.2) is 0 Å². The highest BCUT2D eigenvalue weighted by Gasteiger charge is 2.34. The van der Waals surface area contributed by atoms with Crippen LogP contribution in [0.5, 0.6) is 0 Å². The second-order valence-electron chi connectivity index (χ2n) is 10.1. The van der Waals surface area contributed by atoms with Gasteiger partial charge in [0, 0.05) is 11.8 Å². The zero-order chi connectivity index (χ0) is 25.5. The van der Waals surface area contributed by atoms with Crippen LogP contribution in [0.15, 0.2) is 103 Å². The van der Waals surface area contributed by atoms with Crippen LogP contribution in [0.3, 0.4) is 0 Å². The summed E-state index contributed by atoms with van der Waals surface area (Å²) in [6, 6.07) is 30.6. The Morgan fingerprint density at radius 2 is 1.25 bits per heavy atom. The highest BCUT2D eigenvalue weighted by molar-refractivity contribution is 5.91. The van der Waals surface area contributed by atoms with E-state index in [4.69, 9.17) is 0 Å². The van der Waals surface area contributed by atoms with Crippen molar-refractivity contribution in [2.45, 2.75) is 32.4 Å². The average Bonchev–Trinajstić information content (AvgIpc) is 2.87. The Morgan fingerprint density at radius 1 is 0.583 bits per heavy atom. The zero-order valence-electron chi connectivity index (χ0n) is 20.4. The molecule has 0 spiro atoms. The van der Waals surface area contributed by atoms with E-state index in [-0.39, 0.29) is 11.0 Å². The van der Waals surface area contributed by atoms with Gasteiger partial charge in [-0.2, -0.15) is 13.2 Å². The third-order valence-corrected chi connectivity index (χ3v) is 6.46. The number of aromatic nitrogens is 1. The van der Waals surface area contributed by atoms with E-state index in [1.165, 1.54) is 0 Å². The van der Waals surface area contributed by atoms with Gasteiger partial charge in [-0.15, -0.1) is 0 Å². The summed E-state index contributed by atoms with van der Waals surface area (Å²) in [5.41, 5.74) is 3.99. The largest absolute Gasteiger partial charge is 0.418 e. The van der Waals surface area contributed by atoms with Crippen molar-refractivity contribution in [2.75, 3.05) is 0 Å². The molecule has 0 aliphatic heterocycles. The third-order valence-electron chi connectivity index (χ3n) is 6.46. The van der Waals surface area contributed by atoms with Crippen molar-refractivity contribution in [3.63, 3.8) is 0 Å². The Labute approximate surface area is 209 Å². The predicted octanol–water partition coefficient (Wildman–Crippen LogP) is 9.55. The van der Waals surface area contributed by atoms with Crippen LogP contribution in [-0.4, -0.2) is 4.98 Å². The normalized spacial score (nSPS) is 12.2. The van der Waals surface area contributed by atoms with E-state index >= 15 is 0 Å². The maximum absolute atomic E-state index is 14.1. The molecule has 0 N–H and O–H groups in total. The smallest absolute Gasteiger partial charge is 0.256 e. The summed E-state index contributed by atoms with van der Waals surface area (Å²) in [4.78, 5) is 4.29. The first-order chi connectivity index (χ1) is 17.1. The van der Waals surface area contributed by atoms with Gasteiger partial charge in [-0.25, -0.2) is 0 Å². The quantitative estimate of drug-likeness (QED) is 0.250. The second kappa shape index (κ2) is 8.94. The number of alkyl halides is 3. The van der Waals surface area contributed by atoms with Crippen LogP contribution in [0.4, 0.5) is 13.2 Å². The minimum absolute atomic E-state index is 0.121. The summed E-state index contributed by atoms with van der Waals surface area (Å²) >= 11 is 0. The van der Waals surface area contributed by atoms with E-state index in [1.807, 2.05) is 66.7 Å². The van der Waals surface area contributed by atoms with Crippen molar-refractivity contribution in [1.29, 1.82) is 0 Å². The monoisotopic (exact) mass is 481 g/mol. The van der Waals surface area contributed by atoms with E-state index in [0.29, 0.717) is 11.3 Å². The molecule has 5 rings (SSSR count). The third kappa shape index (κ3) is 4.64. The molecular weight excluding hydrogens is 455 g/mol. The predicted molar refractivity (Wildman–Crippen MR) is 142 cm³/mol. The molecule has 5 aromatic rings. The van der Waals surface area contributed by atoms with Gasteiger partial charge in [0.25, 0.3) is 0 Å². The summed E-state index contributed by atoms with van der Waals surface area (Å²) in [7, 11) is 0. The Balaban J connectivity index is 1.71. The SMILES string of the molecule is CC(C)(C)c1cc(-c2cc(-c3cccc(-c4ccccc4)c3)c(C(F)(F)F)cn2)cc2ccccc12. The van der Waals surface area contributed by atoms with E-state index in [0.717, 1.165) is 39.2 Å². The molecule has 180 valence electrons. The van der Waals surface area contributed by atoms with Crippen LogP contribution in [0, 0.1) is 0 Å². The highest BCUT2D eigenvalue weighted by Crippen LogP contribution is 2.40. The van der Waals surface area contributed by atoms with Gasteiger partial charge in [-0.3, -0.25) is 4.98 Å². The fraction of sp³-hybridized carbons (Fsp3) is 0.156. The number of nitrogens with zero attached hydrogens (tertiary/aromatic N) is 1. The molecule has 0 saturated carbocycles. The summed E-state index contributed by atoms with van der Waals surface area (Å²) in [5, 5.41) is 2.17. The Morgan fingerprint density at radius 3 is 1.97 bits per heavy atom. The number of hydrogen-bond donors (Lipinski definition) is 0. The molecule has 0 saturated heterocycles. The summed E-state index contributed by atoms with van der Waals surface area (Å²) < 4.78 is 42.2. The second-order valence-corrected chi connectivity index (χ2v) is 10.1. The Kier molecular flexibility index (Phi) is 5.91. The molecule has 0 aliphatic carbocycles. The van der Waals surface area contributed by atoms with E-state index in [1.54, 1.807) is 18.2 Å². The molecule has 1 nitrogen and oxygen atoms in total. The van der Waals surface area contributed by atoms with Crippen molar-refractivity contribution in [3.05, 3.63) is 114 Å². The summed E-state index contributed by atoms with van der Waals surface area (Å²) in [5.74, 6) is 0. The van der Waals surface area contributed by atoms with E-state index in [2.05, 4.69) is 37.9 Å². The molecule has 0 atom stereocenters. The fourth-order valence-corrected chi connectivity index (χ4v) is 4.65. The molecule has 0 bridgehead atoms. The van der Waals surface area contributed by atoms with Gasteiger partial charge in [0.1, 0.15) is 0 Å². The van der Waals surface area contributed by atoms with Crippen molar-refractivity contribution in [3.8, 4) is 33.5 Å². The Bertz CT molecular complexity index is 1540. The lowest BCUT2D eigenvalue weighted by Crippen LogP contribution is -2.12. The van der Waals surface area contributed by atoms with Crippen molar-refractivity contribution >= 4 is 10.8 Å². The lowest BCUT2D eigenvalue weighted by molar-refractivity contribution is -0.137. The highest BCUT2D eigenvalue weighted by atomic mass is 19.4. The van der Waals surface area contributed by atoms with Gasteiger partial charge >= 0.3 is 6.18 Å². The van der Waals surface area contributed by atoms with Gasteiger partial charge < -0.3 is 0 Å². The summed E-state index contributed by atoms with van der Waals surface area (Å²) in [6.45, 7) is 6.41. The van der Waals surface area contributed by atoms with Crippen LogP contribution >= 0.6 is 0 Å². The van der Waals surface area contributed by atoms with Crippen LogP contribution < -0.4 is 0 Å². The number of pyridine rings is 1.